The van der Waals surface area contributed by atoms with Gasteiger partial charge in [-0.15, -0.1) is 11.3 Å². The minimum Gasteiger partial charge on any atom is -0.461 e. The second kappa shape index (κ2) is 12.9. The van der Waals surface area contributed by atoms with E-state index >= 15 is 17.6 Å². The average molecular weight is 734 g/mol. The molecule has 5 heterocycles. The van der Waals surface area contributed by atoms with E-state index in [0.717, 1.165) is 24.6 Å². The Morgan fingerprint density at radius 2 is 2.02 bits per heavy atom. The molecule has 2 N–H and O–H groups in total. The molecule has 0 bridgehead atoms. The van der Waals surface area contributed by atoms with E-state index in [9.17, 15) is 18.8 Å². The highest BCUT2D eigenvalue weighted by atomic mass is 32.1. The molecule has 270 valence electrons. The van der Waals surface area contributed by atoms with Crippen molar-refractivity contribution in [3.63, 3.8) is 0 Å². The Balaban J connectivity index is 1.45. The van der Waals surface area contributed by atoms with Crippen molar-refractivity contribution in [3.8, 4) is 23.2 Å². The van der Waals surface area contributed by atoms with E-state index in [0.29, 0.717) is 37.3 Å². The van der Waals surface area contributed by atoms with Crippen LogP contribution in [-0.2, 0) is 10.9 Å². The van der Waals surface area contributed by atoms with Gasteiger partial charge in [-0.25, -0.2) is 18.0 Å². The number of aromatic nitrogens is 2. The van der Waals surface area contributed by atoms with Crippen LogP contribution in [0.15, 0.2) is 18.2 Å². The molecule has 0 saturated carbocycles. The van der Waals surface area contributed by atoms with Gasteiger partial charge in [0.15, 0.2) is 5.82 Å². The van der Waals surface area contributed by atoms with Crippen LogP contribution in [0.4, 0.5) is 42.0 Å². The van der Waals surface area contributed by atoms with E-state index in [1.54, 1.807) is 11.8 Å². The zero-order valence-electron chi connectivity index (χ0n) is 27.6. The van der Waals surface area contributed by atoms with Crippen LogP contribution in [0.5, 0.6) is 6.01 Å². The molecular formula is C34H33F6N7O3S. The molecule has 3 unspecified atom stereocenters. The summed E-state index contributed by atoms with van der Waals surface area (Å²) in [6.07, 6.45) is -4.65. The summed E-state index contributed by atoms with van der Waals surface area (Å²) in [5, 5.41) is 9.18. The molecule has 0 radical (unpaired) electrons. The zero-order chi connectivity index (χ0) is 36.4. The highest BCUT2D eigenvalue weighted by Crippen LogP contribution is 2.48. The summed E-state index contributed by atoms with van der Waals surface area (Å²) in [5.41, 5.74) is 1.82. The fraction of sp³-hybridized carbons (Fsp3) is 0.471. The third-order valence-corrected chi connectivity index (χ3v) is 11.3. The maximum absolute atomic E-state index is 17.1. The van der Waals surface area contributed by atoms with Crippen LogP contribution in [-0.4, -0.2) is 90.1 Å². The van der Waals surface area contributed by atoms with Gasteiger partial charge in [0.2, 0.25) is 0 Å². The molecular weight excluding hydrogens is 700 g/mol. The number of methoxy groups -OCH3 is 1. The smallest absolute Gasteiger partial charge is 0.417 e. The number of rotatable bonds is 7. The Morgan fingerprint density at radius 3 is 2.73 bits per heavy atom. The first-order chi connectivity index (χ1) is 24.3. The number of nitrogens with two attached hydrogens (primary N) is 1. The van der Waals surface area contributed by atoms with Crippen LogP contribution < -0.4 is 15.4 Å². The molecule has 3 fully saturated rings. The summed E-state index contributed by atoms with van der Waals surface area (Å²) in [4.78, 5) is 26.3. The first-order valence-corrected chi connectivity index (χ1v) is 17.3. The molecule has 1 amide bonds. The van der Waals surface area contributed by atoms with Crippen LogP contribution in [0.1, 0.15) is 43.7 Å². The van der Waals surface area contributed by atoms with E-state index in [-0.39, 0.29) is 76.1 Å². The zero-order valence-corrected chi connectivity index (χ0v) is 28.4. The number of ether oxygens (including phenoxy) is 2. The maximum atomic E-state index is 17.1. The van der Waals surface area contributed by atoms with Gasteiger partial charge in [-0.2, -0.15) is 28.4 Å². The van der Waals surface area contributed by atoms with Crippen molar-refractivity contribution in [1.82, 2.24) is 19.8 Å². The standard InChI is InChI=1S/C34H33F6N7O3S/c1-3-47(18-7-10-45(15-18)32(48)49-2)30-20-11-22(34(38,39)40)25(19-5-6-23(36)28-24(19)21(13-41)29(42)51-28)26(37)27(20)43-31(44-30)50-16-33-8-4-9-46(33)14-17(35)12-33/h5-6,11,17-18H,3-4,7-10,12,14-16,42H2,1-2H3. The second-order valence-corrected chi connectivity index (χ2v) is 14.1. The molecule has 10 nitrogen and oxygen atoms in total. The second-order valence-electron chi connectivity index (χ2n) is 13.1. The van der Waals surface area contributed by atoms with Crippen LogP contribution in [0.25, 0.3) is 32.1 Å². The number of thiophene rings is 1. The largest absolute Gasteiger partial charge is 0.461 e. The van der Waals surface area contributed by atoms with E-state index in [2.05, 4.69) is 9.97 Å². The fourth-order valence-corrected chi connectivity index (χ4v) is 8.94. The quantitative estimate of drug-likeness (QED) is 0.203. The molecule has 7 rings (SSSR count). The number of anilines is 2. The fourth-order valence-electron chi connectivity index (χ4n) is 7.99. The van der Waals surface area contributed by atoms with Crippen molar-refractivity contribution in [2.45, 2.75) is 56.5 Å². The maximum Gasteiger partial charge on any atom is 0.417 e. The van der Waals surface area contributed by atoms with Crippen molar-refractivity contribution in [1.29, 1.82) is 5.26 Å². The lowest BCUT2D eigenvalue weighted by molar-refractivity contribution is -0.137. The van der Waals surface area contributed by atoms with Gasteiger partial charge >= 0.3 is 18.3 Å². The number of hydrogen-bond donors (Lipinski definition) is 1. The summed E-state index contributed by atoms with van der Waals surface area (Å²) < 4.78 is 103. The van der Waals surface area contributed by atoms with E-state index in [4.69, 9.17) is 15.2 Å². The lowest BCUT2D eigenvalue weighted by Crippen LogP contribution is -2.43. The predicted octanol–water partition coefficient (Wildman–Crippen LogP) is 6.88. The van der Waals surface area contributed by atoms with Crippen LogP contribution in [0.2, 0.25) is 0 Å². The molecule has 4 aromatic rings. The van der Waals surface area contributed by atoms with Gasteiger partial charge in [0.25, 0.3) is 0 Å². The molecule has 3 saturated heterocycles. The highest BCUT2D eigenvalue weighted by molar-refractivity contribution is 7.23. The van der Waals surface area contributed by atoms with Gasteiger partial charge in [-0.1, -0.05) is 6.07 Å². The summed E-state index contributed by atoms with van der Waals surface area (Å²) in [5.74, 6) is -2.28. The number of amides is 1. The van der Waals surface area contributed by atoms with Gasteiger partial charge in [0.05, 0.1) is 28.5 Å². The summed E-state index contributed by atoms with van der Waals surface area (Å²) in [7, 11) is 1.24. The monoisotopic (exact) mass is 733 g/mol. The van der Waals surface area contributed by atoms with Crippen LogP contribution in [0.3, 0.4) is 0 Å². The molecule has 0 spiro atoms. The Kier molecular flexibility index (Phi) is 8.81. The van der Waals surface area contributed by atoms with Gasteiger partial charge in [-0.3, -0.25) is 4.90 Å². The third-order valence-electron chi connectivity index (χ3n) is 10.3. The lowest BCUT2D eigenvalue weighted by atomic mass is 9.92. The summed E-state index contributed by atoms with van der Waals surface area (Å²) >= 11 is 0.674. The number of likely N-dealkylation sites (tertiary alicyclic amines) is 1. The van der Waals surface area contributed by atoms with Gasteiger partial charge in [-0.05, 0) is 50.4 Å². The Labute approximate surface area is 292 Å². The molecule has 2 aromatic heterocycles. The number of hydrogen-bond acceptors (Lipinski definition) is 10. The lowest BCUT2D eigenvalue weighted by Gasteiger charge is -2.32. The van der Waals surface area contributed by atoms with Gasteiger partial charge < -0.3 is 25.0 Å². The van der Waals surface area contributed by atoms with Crippen molar-refractivity contribution in [2.24, 2.45) is 0 Å². The first kappa shape index (κ1) is 34.9. The van der Waals surface area contributed by atoms with Crippen molar-refractivity contribution in [2.75, 3.05) is 57.1 Å². The molecule has 17 heteroatoms. The number of carbonyl (C=O) groups excluding carboxylic acids is 1. The average Bonchev–Trinajstić information content (AvgIpc) is 3.87. The Bertz CT molecular complexity index is 2090. The number of alkyl halides is 4. The van der Waals surface area contributed by atoms with Crippen molar-refractivity contribution in [3.05, 3.63) is 41.0 Å². The number of carbonyl (C=O) groups is 1. The summed E-state index contributed by atoms with van der Waals surface area (Å²) in [6, 6.07) is 3.69. The Morgan fingerprint density at radius 1 is 1.24 bits per heavy atom. The van der Waals surface area contributed by atoms with Gasteiger partial charge in [0, 0.05) is 55.0 Å². The Hall–Kier alpha value is -4.56. The normalized spacial score (nSPS) is 22.1. The van der Waals surface area contributed by atoms with E-state index < -0.39 is 58.3 Å². The number of nitrogens with zero attached hydrogens (tertiary/aromatic N) is 6. The summed E-state index contributed by atoms with van der Waals surface area (Å²) in [6.45, 7) is 3.32. The van der Waals surface area contributed by atoms with Gasteiger partial charge in [0.1, 0.15) is 41.0 Å². The molecule has 3 aliphatic heterocycles. The number of likely N-dealkylation sites (N-methyl/N-ethyl adjacent to an activating group) is 1. The van der Waals surface area contributed by atoms with Crippen LogP contribution in [0, 0.1) is 23.0 Å². The minimum absolute atomic E-state index is 0.0303. The first-order valence-electron chi connectivity index (χ1n) is 16.4. The van der Waals surface area contributed by atoms with Crippen molar-refractivity contribution >= 4 is 49.2 Å². The van der Waals surface area contributed by atoms with E-state index in [1.165, 1.54) is 12.0 Å². The molecule has 2 aromatic carbocycles. The number of nitriles is 1. The molecule has 0 aliphatic carbocycles. The van der Waals surface area contributed by atoms with Crippen LogP contribution >= 0.6 is 11.3 Å². The highest BCUT2D eigenvalue weighted by Gasteiger charge is 2.49. The molecule has 3 aliphatic rings. The van der Waals surface area contributed by atoms with Crippen molar-refractivity contribution < 1.29 is 40.6 Å². The number of halogens is 6. The number of nitrogen functional groups attached to an aromatic ring is 1. The third kappa shape index (κ3) is 5.81. The molecule has 3 atom stereocenters. The molecule has 51 heavy (non-hydrogen) atoms. The number of benzene rings is 2. The topological polar surface area (TPSA) is 121 Å². The SMILES string of the molecule is CCN(c1nc(OCC23CCCN2CC(F)C3)nc2c(F)c(-c3ccc(F)c4sc(N)c(C#N)c34)c(C(F)(F)F)cc12)C1CCN(C(=O)OC)C1. The predicted molar refractivity (Wildman–Crippen MR) is 178 cm³/mol. The van der Waals surface area contributed by atoms with E-state index in [1.807, 2.05) is 11.0 Å². The number of fused-ring (bicyclic) bond motifs is 3. The minimum atomic E-state index is -5.13.